The fourth-order valence-electron chi connectivity index (χ4n) is 2.76. The fraction of sp³-hybridized carbons (Fsp3) is 0.312. The van der Waals surface area contributed by atoms with Crippen LogP contribution in [0.5, 0.6) is 0 Å². The standard InChI is InChI=1S/C16H17FN2O3S2/c1-10(20)18-9-13-4-7-16(23-13)24(21,22)19-15-6-2-11-8-12(17)3-5-14(11)15/h3-5,7-8,15,19H,2,6,9H2,1H3,(H,18,20)/t15-/m1/s1. The molecule has 1 heterocycles. The van der Waals surface area contributed by atoms with Crippen LogP contribution in [0.25, 0.3) is 0 Å². The summed E-state index contributed by atoms with van der Waals surface area (Å²) >= 11 is 1.12. The summed E-state index contributed by atoms with van der Waals surface area (Å²) < 4.78 is 41.3. The van der Waals surface area contributed by atoms with E-state index in [-0.39, 0.29) is 22.0 Å². The van der Waals surface area contributed by atoms with Gasteiger partial charge >= 0.3 is 0 Å². The number of sulfonamides is 1. The lowest BCUT2D eigenvalue weighted by atomic mass is 10.1. The Morgan fingerprint density at radius 3 is 2.88 bits per heavy atom. The van der Waals surface area contributed by atoms with Crippen molar-refractivity contribution in [3.63, 3.8) is 0 Å². The summed E-state index contributed by atoms with van der Waals surface area (Å²) in [5.41, 5.74) is 1.68. The number of benzene rings is 1. The van der Waals surface area contributed by atoms with Gasteiger partial charge in [-0.05, 0) is 48.2 Å². The number of rotatable bonds is 5. The van der Waals surface area contributed by atoms with Crippen LogP contribution in [0.2, 0.25) is 0 Å². The normalized spacial score (nSPS) is 16.8. The summed E-state index contributed by atoms with van der Waals surface area (Å²) in [4.78, 5) is 11.7. The highest BCUT2D eigenvalue weighted by atomic mass is 32.2. The average molecular weight is 368 g/mol. The molecule has 0 radical (unpaired) electrons. The number of aryl methyl sites for hydroxylation is 1. The van der Waals surface area contributed by atoms with E-state index in [1.165, 1.54) is 25.1 Å². The number of nitrogens with one attached hydrogen (secondary N) is 2. The maximum absolute atomic E-state index is 13.3. The van der Waals surface area contributed by atoms with E-state index in [1.54, 1.807) is 12.1 Å². The zero-order valence-corrected chi connectivity index (χ0v) is 14.6. The molecule has 0 spiro atoms. The van der Waals surface area contributed by atoms with Crippen LogP contribution in [0.4, 0.5) is 4.39 Å². The number of amides is 1. The second kappa shape index (κ2) is 6.62. The van der Waals surface area contributed by atoms with Gasteiger partial charge in [-0.1, -0.05) is 6.07 Å². The molecule has 1 atom stereocenters. The molecule has 0 unspecified atom stereocenters. The quantitative estimate of drug-likeness (QED) is 0.851. The summed E-state index contributed by atoms with van der Waals surface area (Å²) in [5, 5.41) is 2.64. The van der Waals surface area contributed by atoms with E-state index in [0.29, 0.717) is 19.4 Å². The van der Waals surface area contributed by atoms with Crippen molar-refractivity contribution in [2.75, 3.05) is 0 Å². The predicted octanol–water partition coefficient (Wildman–Crippen LogP) is 2.49. The van der Waals surface area contributed by atoms with Gasteiger partial charge in [0.05, 0.1) is 6.54 Å². The molecule has 1 aliphatic rings. The third-order valence-electron chi connectivity index (χ3n) is 3.89. The van der Waals surface area contributed by atoms with Crippen LogP contribution in [0.3, 0.4) is 0 Å². The van der Waals surface area contributed by atoms with E-state index in [4.69, 9.17) is 0 Å². The molecular weight excluding hydrogens is 351 g/mol. The zero-order chi connectivity index (χ0) is 17.3. The van der Waals surface area contributed by atoms with Gasteiger partial charge in [-0.15, -0.1) is 11.3 Å². The Morgan fingerprint density at radius 1 is 1.33 bits per heavy atom. The van der Waals surface area contributed by atoms with Crippen molar-refractivity contribution in [3.05, 3.63) is 52.2 Å². The largest absolute Gasteiger partial charge is 0.351 e. The molecule has 24 heavy (non-hydrogen) atoms. The van der Waals surface area contributed by atoms with Crippen molar-refractivity contribution in [2.45, 2.75) is 36.6 Å². The number of carbonyl (C=O) groups is 1. The SMILES string of the molecule is CC(=O)NCc1ccc(S(=O)(=O)N[C@@H]2CCc3cc(F)ccc32)s1. The van der Waals surface area contributed by atoms with E-state index in [9.17, 15) is 17.6 Å². The lowest BCUT2D eigenvalue weighted by Crippen LogP contribution is -2.26. The molecule has 0 fully saturated rings. The number of hydrogen-bond acceptors (Lipinski definition) is 4. The van der Waals surface area contributed by atoms with Crippen LogP contribution in [0.15, 0.2) is 34.5 Å². The summed E-state index contributed by atoms with van der Waals surface area (Å²) in [6.07, 6.45) is 1.26. The Hall–Kier alpha value is -1.77. The molecule has 2 aromatic rings. The van der Waals surface area contributed by atoms with Gasteiger partial charge in [-0.25, -0.2) is 17.5 Å². The Kier molecular flexibility index (Phi) is 4.71. The number of carbonyl (C=O) groups excluding carboxylic acids is 1. The van der Waals surface area contributed by atoms with Gasteiger partial charge in [0.15, 0.2) is 0 Å². The molecule has 1 amide bonds. The number of thiophene rings is 1. The second-order valence-electron chi connectivity index (χ2n) is 5.69. The summed E-state index contributed by atoms with van der Waals surface area (Å²) in [5.74, 6) is -0.473. The molecule has 0 aliphatic heterocycles. The molecular formula is C16H17FN2O3S2. The van der Waals surface area contributed by atoms with E-state index in [2.05, 4.69) is 10.0 Å². The van der Waals surface area contributed by atoms with E-state index in [1.807, 2.05) is 0 Å². The third-order valence-corrected chi connectivity index (χ3v) is 6.94. The van der Waals surface area contributed by atoms with E-state index < -0.39 is 10.0 Å². The van der Waals surface area contributed by atoms with Crippen LogP contribution < -0.4 is 10.0 Å². The molecule has 1 aromatic heterocycles. The lowest BCUT2D eigenvalue weighted by Gasteiger charge is -2.13. The highest BCUT2D eigenvalue weighted by Gasteiger charge is 2.28. The Bertz CT molecular complexity index is 877. The van der Waals surface area contributed by atoms with Gasteiger partial charge in [0, 0.05) is 17.8 Å². The molecule has 1 aliphatic carbocycles. The molecule has 0 saturated heterocycles. The second-order valence-corrected chi connectivity index (χ2v) is 8.80. The first-order valence-electron chi connectivity index (χ1n) is 7.49. The number of fused-ring (bicyclic) bond motifs is 1. The van der Waals surface area contributed by atoms with Crippen molar-refractivity contribution in [2.24, 2.45) is 0 Å². The van der Waals surface area contributed by atoms with Gasteiger partial charge in [0.1, 0.15) is 10.0 Å². The summed E-state index contributed by atoms with van der Waals surface area (Å²) in [7, 11) is -3.65. The van der Waals surface area contributed by atoms with Crippen LogP contribution in [0, 0.1) is 5.82 Å². The minimum Gasteiger partial charge on any atom is -0.351 e. The first-order chi connectivity index (χ1) is 11.3. The highest BCUT2D eigenvalue weighted by molar-refractivity contribution is 7.91. The maximum atomic E-state index is 13.3. The molecule has 0 saturated carbocycles. The van der Waals surface area contributed by atoms with Crippen molar-refractivity contribution in [3.8, 4) is 0 Å². The van der Waals surface area contributed by atoms with Gasteiger partial charge in [-0.3, -0.25) is 4.79 Å². The van der Waals surface area contributed by atoms with Crippen LogP contribution >= 0.6 is 11.3 Å². The van der Waals surface area contributed by atoms with Gasteiger partial charge in [0.25, 0.3) is 10.0 Å². The van der Waals surface area contributed by atoms with Crippen LogP contribution in [-0.2, 0) is 27.8 Å². The summed E-state index contributed by atoms with van der Waals surface area (Å²) in [6.45, 7) is 1.72. The van der Waals surface area contributed by atoms with Crippen molar-refractivity contribution < 1.29 is 17.6 Å². The zero-order valence-electron chi connectivity index (χ0n) is 13.0. The van der Waals surface area contributed by atoms with Gasteiger partial charge < -0.3 is 5.32 Å². The van der Waals surface area contributed by atoms with Gasteiger partial charge in [0.2, 0.25) is 5.91 Å². The Labute approximate surface area is 144 Å². The molecule has 8 heteroatoms. The number of hydrogen-bond donors (Lipinski definition) is 2. The first kappa shape index (κ1) is 17.1. The van der Waals surface area contributed by atoms with Crippen LogP contribution in [-0.4, -0.2) is 14.3 Å². The average Bonchev–Trinajstić information content (AvgIpc) is 3.12. The number of halogens is 1. The Balaban J connectivity index is 1.75. The topological polar surface area (TPSA) is 75.3 Å². The molecule has 128 valence electrons. The molecule has 3 rings (SSSR count). The van der Waals surface area contributed by atoms with Crippen molar-refractivity contribution in [1.82, 2.24) is 10.0 Å². The van der Waals surface area contributed by atoms with Crippen molar-refractivity contribution in [1.29, 1.82) is 0 Å². The monoisotopic (exact) mass is 368 g/mol. The molecule has 1 aromatic carbocycles. The molecule has 2 N–H and O–H groups in total. The van der Waals surface area contributed by atoms with Crippen molar-refractivity contribution >= 4 is 27.3 Å². The Morgan fingerprint density at radius 2 is 2.12 bits per heavy atom. The lowest BCUT2D eigenvalue weighted by molar-refractivity contribution is -0.119. The smallest absolute Gasteiger partial charge is 0.250 e. The molecule has 5 nitrogen and oxygen atoms in total. The highest BCUT2D eigenvalue weighted by Crippen LogP contribution is 2.33. The third kappa shape index (κ3) is 3.66. The van der Waals surface area contributed by atoms with E-state index >= 15 is 0 Å². The summed E-state index contributed by atoms with van der Waals surface area (Å²) in [6, 6.07) is 7.33. The van der Waals surface area contributed by atoms with Gasteiger partial charge in [-0.2, -0.15) is 0 Å². The van der Waals surface area contributed by atoms with E-state index in [0.717, 1.165) is 27.3 Å². The first-order valence-corrected chi connectivity index (χ1v) is 9.79. The molecule has 0 bridgehead atoms. The minimum absolute atomic E-state index is 0.166. The predicted molar refractivity (Wildman–Crippen MR) is 89.6 cm³/mol. The maximum Gasteiger partial charge on any atom is 0.250 e. The van der Waals surface area contributed by atoms with Crippen LogP contribution in [0.1, 0.15) is 35.4 Å². The fourth-order valence-corrected chi connectivity index (χ4v) is 5.33. The minimum atomic E-state index is -3.65.